The predicted octanol–water partition coefficient (Wildman–Crippen LogP) is 3.30. The second kappa shape index (κ2) is 7.01. The zero-order valence-corrected chi connectivity index (χ0v) is 12.3. The molecule has 0 aliphatic rings. The van der Waals surface area contributed by atoms with Crippen LogP contribution in [0.5, 0.6) is 0 Å². The maximum atomic E-state index is 11.7. The number of carbonyl (C=O) groups excluding carboxylic acids is 2. The van der Waals surface area contributed by atoms with Crippen LogP contribution in [0.2, 0.25) is 0 Å². The second-order valence-electron chi connectivity index (χ2n) is 4.29. The molecule has 0 saturated heterocycles. The van der Waals surface area contributed by atoms with E-state index >= 15 is 0 Å². The van der Waals surface area contributed by atoms with Crippen LogP contribution in [0.3, 0.4) is 0 Å². The fraction of sp³-hybridized carbons (Fsp3) is 0.125. The molecule has 0 bridgehead atoms. The Balaban J connectivity index is 1.86. The summed E-state index contributed by atoms with van der Waals surface area (Å²) in [6.07, 6.45) is 0.0565. The molecular weight excluding hydrogens is 320 g/mol. The van der Waals surface area contributed by atoms with Crippen molar-refractivity contribution in [2.24, 2.45) is 0 Å². The molecule has 0 amide bonds. The van der Waals surface area contributed by atoms with Gasteiger partial charge in [0, 0.05) is 10.9 Å². The SMILES string of the molecule is O=C(Cc1ccc(Br)cc1)C(=O)OCc1ccccc1. The van der Waals surface area contributed by atoms with Gasteiger partial charge in [-0.15, -0.1) is 0 Å². The number of benzene rings is 2. The van der Waals surface area contributed by atoms with Crippen LogP contribution in [0, 0.1) is 0 Å². The van der Waals surface area contributed by atoms with Gasteiger partial charge in [-0.05, 0) is 23.3 Å². The topological polar surface area (TPSA) is 43.4 Å². The van der Waals surface area contributed by atoms with Gasteiger partial charge in [0.2, 0.25) is 5.78 Å². The standard InChI is InChI=1S/C16H13BrO3/c17-14-8-6-12(7-9-14)10-15(18)16(19)20-11-13-4-2-1-3-5-13/h1-9H,10-11H2. The van der Waals surface area contributed by atoms with Crippen molar-refractivity contribution in [3.05, 3.63) is 70.2 Å². The van der Waals surface area contributed by atoms with Gasteiger partial charge < -0.3 is 4.74 Å². The van der Waals surface area contributed by atoms with E-state index in [2.05, 4.69) is 15.9 Å². The lowest BCUT2D eigenvalue weighted by atomic mass is 10.1. The van der Waals surface area contributed by atoms with E-state index in [0.29, 0.717) is 0 Å². The molecule has 0 aliphatic heterocycles. The van der Waals surface area contributed by atoms with Crippen molar-refractivity contribution in [1.29, 1.82) is 0 Å². The van der Waals surface area contributed by atoms with Crippen molar-refractivity contribution >= 4 is 27.7 Å². The monoisotopic (exact) mass is 332 g/mol. The number of carbonyl (C=O) groups is 2. The average Bonchev–Trinajstić information content (AvgIpc) is 2.48. The van der Waals surface area contributed by atoms with Crippen molar-refractivity contribution in [3.8, 4) is 0 Å². The van der Waals surface area contributed by atoms with E-state index in [-0.39, 0.29) is 13.0 Å². The summed E-state index contributed by atoms with van der Waals surface area (Å²) in [5, 5.41) is 0. The summed E-state index contributed by atoms with van der Waals surface area (Å²) in [4.78, 5) is 23.3. The number of Topliss-reactive ketones (excluding diaryl/α,β-unsaturated/α-hetero) is 1. The van der Waals surface area contributed by atoms with Gasteiger partial charge in [0.05, 0.1) is 0 Å². The zero-order chi connectivity index (χ0) is 14.4. The number of rotatable bonds is 5. The van der Waals surface area contributed by atoms with Gasteiger partial charge in [-0.2, -0.15) is 0 Å². The lowest BCUT2D eigenvalue weighted by Crippen LogP contribution is -2.19. The van der Waals surface area contributed by atoms with Gasteiger partial charge in [0.1, 0.15) is 6.61 Å². The average molecular weight is 333 g/mol. The van der Waals surface area contributed by atoms with Crippen molar-refractivity contribution in [3.63, 3.8) is 0 Å². The van der Waals surface area contributed by atoms with E-state index in [4.69, 9.17) is 4.74 Å². The van der Waals surface area contributed by atoms with Crippen LogP contribution in [0.1, 0.15) is 11.1 Å². The fourth-order valence-electron chi connectivity index (χ4n) is 1.66. The molecule has 0 spiro atoms. The third-order valence-corrected chi connectivity index (χ3v) is 3.25. The molecule has 4 heteroatoms. The van der Waals surface area contributed by atoms with E-state index < -0.39 is 11.8 Å². The molecular formula is C16H13BrO3. The zero-order valence-electron chi connectivity index (χ0n) is 10.7. The summed E-state index contributed by atoms with van der Waals surface area (Å²) in [6.45, 7) is 0.117. The maximum absolute atomic E-state index is 11.7. The van der Waals surface area contributed by atoms with Crippen LogP contribution in [-0.4, -0.2) is 11.8 Å². The molecule has 0 unspecified atom stereocenters. The Morgan fingerprint density at radius 2 is 1.55 bits per heavy atom. The number of hydrogen-bond donors (Lipinski definition) is 0. The van der Waals surface area contributed by atoms with Crippen LogP contribution in [0.15, 0.2) is 59.1 Å². The molecule has 3 nitrogen and oxygen atoms in total. The van der Waals surface area contributed by atoms with Crippen LogP contribution < -0.4 is 0 Å². The highest BCUT2D eigenvalue weighted by atomic mass is 79.9. The molecule has 0 fully saturated rings. The van der Waals surface area contributed by atoms with Crippen LogP contribution in [0.25, 0.3) is 0 Å². The largest absolute Gasteiger partial charge is 0.455 e. The number of halogens is 1. The first-order valence-corrected chi connectivity index (χ1v) is 6.93. The van der Waals surface area contributed by atoms with Crippen molar-refractivity contribution in [2.45, 2.75) is 13.0 Å². The fourth-order valence-corrected chi connectivity index (χ4v) is 1.93. The molecule has 20 heavy (non-hydrogen) atoms. The molecule has 2 rings (SSSR count). The first-order valence-electron chi connectivity index (χ1n) is 6.13. The van der Waals surface area contributed by atoms with E-state index in [9.17, 15) is 9.59 Å². The Labute approximate surface area is 125 Å². The van der Waals surface area contributed by atoms with Crippen molar-refractivity contribution in [1.82, 2.24) is 0 Å². The third-order valence-electron chi connectivity index (χ3n) is 2.72. The second-order valence-corrected chi connectivity index (χ2v) is 5.20. The van der Waals surface area contributed by atoms with E-state index in [1.807, 2.05) is 42.5 Å². The molecule has 0 saturated carbocycles. The summed E-state index contributed by atoms with van der Waals surface area (Å²) >= 11 is 3.31. The van der Waals surface area contributed by atoms with Gasteiger partial charge in [0.25, 0.3) is 0 Å². The van der Waals surface area contributed by atoms with Crippen molar-refractivity contribution in [2.75, 3.05) is 0 Å². The van der Waals surface area contributed by atoms with Crippen LogP contribution in [0.4, 0.5) is 0 Å². The third kappa shape index (κ3) is 4.31. The minimum atomic E-state index is -0.795. The number of esters is 1. The van der Waals surface area contributed by atoms with E-state index in [1.165, 1.54) is 0 Å². The van der Waals surface area contributed by atoms with Gasteiger partial charge in [0.15, 0.2) is 0 Å². The van der Waals surface area contributed by atoms with Gasteiger partial charge in [-0.1, -0.05) is 58.4 Å². The highest BCUT2D eigenvalue weighted by Gasteiger charge is 2.15. The summed E-state index contributed by atoms with van der Waals surface area (Å²) in [5.41, 5.74) is 1.65. The summed E-state index contributed by atoms with van der Waals surface area (Å²) in [6, 6.07) is 16.5. The molecule has 0 aliphatic carbocycles. The molecule has 0 atom stereocenters. The number of ether oxygens (including phenoxy) is 1. The van der Waals surface area contributed by atoms with E-state index in [1.54, 1.807) is 12.1 Å². The Morgan fingerprint density at radius 3 is 2.20 bits per heavy atom. The van der Waals surface area contributed by atoms with Gasteiger partial charge in [-0.25, -0.2) is 4.79 Å². The Morgan fingerprint density at radius 1 is 0.900 bits per heavy atom. The van der Waals surface area contributed by atoms with Crippen molar-refractivity contribution < 1.29 is 14.3 Å². The van der Waals surface area contributed by atoms with Gasteiger partial charge >= 0.3 is 5.97 Å². The summed E-state index contributed by atoms with van der Waals surface area (Å²) in [7, 11) is 0. The lowest BCUT2D eigenvalue weighted by Gasteiger charge is -2.04. The van der Waals surface area contributed by atoms with Crippen LogP contribution >= 0.6 is 15.9 Å². The first kappa shape index (κ1) is 14.5. The maximum Gasteiger partial charge on any atom is 0.375 e. The highest BCUT2D eigenvalue weighted by molar-refractivity contribution is 9.10. The smallest absolute Gasteiger partial charge is 0.375 e. The normalized spacial score (nSPS) is 10.1. The number of hydrogen-bond acceptors (Lipinski definition) is 3. The molecule has 0 radical (unpaired) electrons. The molecule has 2 aromatic carbocycles. The number of ketones is 1. The minimum Gasteiger partial charge on any atom is -0.455 e. The molecule has 0 N–H and O–H groups in total. The molecule has 0 heterocycles. The molecule has 2 aromatic rings. The Bertz CT molecular complexity index is 591. The lowest BCUT2D eigenvalue weighted by molar-refractivity contribution is -0.154. The quantitative estimate of drug-likeness (QED) is 0.623. The van der Waals surface area contributed by atoms with Gasteiger partial charge in [-0.3, -0.25) is 4.79 Å². The summed E-state index contributed by atoms with van der Waals surface area (Å²) in [5.74, 6) is -1.33. The molecule has 0 aromatic heterocycles. The highest BCUT2D eigenvalue weighted by Crippen LogP contribution is 2.11. The van der Waals surface area contributed by atoms with Crippen LogP contribution in [-0.2, 0) is 27.4 Å². The van der Waals surface area contributed by atoms with E-state index in [0.717, 1.165) is 15.6 Å². The summed E-state index contributed by atoms with van der Waals surface area (Å²) < 4.78 is 5.92. The Hall–Kier alpha value is -1.94. The molecule has 102 valence electrons. The first-order chi connectivity index (χ1) is 9.65. The Kier molecular flexibility index (Phi) is 5.07. The predicted molar refractivity (Wildman–Crippen MR) is 79.1 cm³/mol. The minimum absolute atomic E-state index is 0.0565.